The molecule has 0 fully saturated rings. The van der Waals surface area contributed by atoms with Gasteiger partial charge in [-0.3, -0.25) is 4.98 Å². The van der Waals surface area contributed by atoms with Crippen LogP contribution in [0.15, 0.2) is 18.3 Å². The fourth-order valence-corrected chi connectivity index (χ4v) is 0.968. The number of hydrogen-bond acceptors (Lipinski definition) is 3. The molecule has 0 aliphatic rings. The second-order valence-electron chi connectivity index (χ2n) is 2.58. The van der Waals surface area contributed by atoms with Crippen molar-refractivity contribution in [2.24, 2.45) is 0 Å². The Morgan fingerprint density at radius 2 is 1.75 bits per heavy atom. The van der Waals surface area contributed by atoms with Crippen LogP contribution < -0.4 is 10.6 Å². The molecule has 0 saturated heterocycles. The molecule has 0 atom stereocenters. The minimum absolute atomic E-state index is 0.0691. The van der Waals surface area contributed by atoms with Crippen molar-refractivity contribution in [2.75, 3.05) is 0 Å². The van der Waals surface area contributed by atoms with Gasteiger partial charge < -0.3 is 0 Å². The molecule has 1 rings (SSSR count). The summed E-state index contributed by atoms with van der Waals surface area (Å²) in [4.78, 5) is 9.88. The molecule has 1 heterocycles. The molecular weight excluding hydrogens is 202 g/mol. The lowest BCUT2D eigenvalue weighted by Crippen LogP contribution is -2.15. The van der Waals surface area contributed by atoms with Crippen molar-refractivity contribution in [3.63, 3.8) is 0 Å². The molecule has 72 valence electrons. The number of nitrogens with zero attached hydrogens (tertiary/aromatic N) is 5. The van der Waals surface area contributed by atoms with Gasteiger partial charge in [0.15, 0.2) is 0 Å². The first-order valence-electron chi connectivity index (χ1n) is 4.02. The van der Waals surface area contributed by atoms with Gasteiger partial charge >= 0.3 is 0 Å². The number of hydrogen-bond donors (Lipinski definition) is 0. The quantitative estimate of drug-likeness (QED) is 0.567. The number of nitriles is 2. The predicted octanol–water partition coefficient (Wildman–Crippen LogP) is 0.184. The maximum Gasteiger partial charge on any atom is 0.286 e. The van der Waals surface area contributed by atoms with E-state index in [2.05, 4.69) is 14.7 Å². The Balaban J connectivity index is 3.58. The van der Waals surface area contributed by atoms with E-state index < -0.39 is 0 Å². The van der Waals surface area contributed by atoms with E-state index in [0.717, 1.165) is 0 Å². The van der Waals surface area contributed by atoms with Crippen LogP contribution in [0.4, 0.5) is 0 Å². The van der Waals surface area contributed by atoms with Gasteiger partial charge in [-0.05, 0) is 6.07 Å². The van der Waals surface area contributed by atoms with Crippen molar-refractivity contribution in [1.29, 1.82) is 10.5 Å². The van der Waals surface area contributed by atoms with Gasteiger partial charge in [0.1, 0.15) is 0 Å². The van der Waals surface area contributed by atoms with E-state index >= 15 is 0 Å². The molecule has 0 aliphatic heterocycles. The van der Waals surface area contributed by atoms with E-state index in [0.29, 0.717) is 5.22 Å². The lowest BCUT2D eigenvalue weighted by molar-refractivity contribution is 1.22. The fraction of sp³-hybridized carbons (Fsp3) is 0. The number of rotatable bonds is 0. The largest absolute Gasteiger partial charge is 0.286 e. The maximum atomic E-state index is 8.62. The van der Waals surface area contributed by atoms with Gasteiger partial charge in [-0.1, -0.05) is 6.07 Å². The summed E-state index contributed by atoms with van der Waals surface area (Å²) in [5.41, 5.74) is -0.187. The summed E-state index contributed by atoms with van der Waals surface area (Å²) in [7, 11) is 0. The molecule has 0 N–H and O–H groups in total. The average Bonchev–Trinajstić information content (AvgIpc) is 2.34. The minimum atomic E-state index is -0.118. The van der Waals surface area contributed by atoms with Crippen molar-refractivity contribution in [3.05, 3.63) is 51.7 Å². The van der Waals surface area contributed by atoms with Gasteiger partial charge in [0.25, 0.3) is 11.4 Å². The highest BCUT2D eigenvalue weighted by molar-refractivity contribution is 5.66. The van der Waals surface area contributed by atoms with Crippen LogP contribution in [-0.2, 0) is 0 Å². The molecule has 16 heavy (non-hydrogen) atoms. The highest BCUT2D eigenvalue weighted by atomic mass is 14.7. The Labute approximate surface area is 91.5 Å². The lowest BCUT2D eigenvalue weighted by Gasteiger charge is -1.88. The van der Waals surface area contributed by atoms with Crippen molar-refractivity contribution in [1.82, 2.24) is 4.98 Å². The Hall–Kier alpha value is -3.15. The molecule has 0 aliphatic carbocycles. The van der Waals surface area contributed by atoms with E-state index in [9.17, 15) is 0 Å². The summed E-state index contributed by atoms with van der Waals surface area (Å²) < 4.78 is 0. The van der Waals surface area contributed by atoms with Crippen LogP contribution >= 0.6 is 0 Å². The van der Waals surface area contributed by atoms with Crippen molar-refractivity contribution < 1.29 is 0 Å². The van der Waals surface area contributed by atoms with E-state index in [1.165, 1.54) is 18.3 Å². The highest BCUT2D eigenvalue weighted by Gasteiger charge is 1.97. The smallest absolute Gasteiger partial charge is 0.268 e. The molecule has 0 saturated carbocycles. The summed E-state index contributed by atoms with van der Waals surface area (Å²) in [5.74, 6) is 0. The number of aromatic nitrogens is 1. The van der Waals surface area contributed by atoms with Gasteiger partial charge in [0, 0.05) is 11.4 Å². The zero-order valence-corrected chi connectivity index (χ0v) is 7.97. The first kappa shape index (κ1) is 10.9. The van der Waals surface area contributed by atoms with Crippen molar-refractivity contribution in [2.45, 2.75) is 0 Å². The number of pyridine rings is 1. The normalized spacial score (nSPS) is 12.2. The monoisotopic (exact) mass is 205 g/mol. The molecule has 0 spiro atoms. The van der Waals surface area contributed by atoms with Crippen LogP contribution in [0.3, 0.4) is 0 Å². The van der Waals surface area contributed by atoms with E-state index in [1.807, 2.05) is 0 Å². The molecule has 1 aromatic heterocycles. The lowest BCUT2D eigenvalue weighted by atomic mass is 10.3. The summed E-state index contributed by atoms with van der Waals surface area (Å²) in [6.45, 7) is 13.5. The summed E-state index contributed by atoms with van der Waals surface area (Å²) in [6, 6.07) is 6.37. The van der Waals surface area contributed by atoms with Crippen LogP contribution in [0.5, 0.6) is 0 Å². The predicted molar refractivity (Wildman–Crippen MR) is 54.7 cm³/mol. The third kappa shape index (κ3) is 2.02. The van der Waals surface area contributed by atoms with Crippen LogP contribution in [0.25, 0.3) is 21.1 Å². The summed E-state index contributed by atoms with van der Waals surface area (Å²) >= 11 is 0. The van der Waals surface area contributed by atoms with Crippen LogP contribution in [0, 0.1) is 35.8 Å². The summed E-state index contributed by atoms with van der Waals surface area (Å²) in [5, 5.41) is 17.8. The third-order valence-corrected chi connectivity index (χ3v) is 1.71. The molecule has 0 bridgehead atoms. The fourth-order valence-electron chi connectivity index (χ4n) is 0.968. The Kier molecular flexibility index (Phi) is 3.36. The van der Waals surface area contributed by atoms with Crippen LogP contribution in [-0.4, -0.2) is 4.98 Å². The van der Waals surface area contributed by atoms with Crippen molar-refractivity contribution in [3.8, 4) is 12.1 Å². The van der Waals surface area contributed by atoms with Gasteiger partial charge in [-0.2, -0.15) is 0 Å². The first-order valence-corrected chi connectivity index (χ1v) is 4.02. The van der Waals surface area contributed by atoms with Crippen molar-refractivity contribution >= 4 is 11.4 Å². The van der Waals surface area contributed by atoms with Crippen LogP contribution in [0.2, 0.25) is 0 Å². The zero-order valence-electron chi connectivity index (χ0n) is 7.97. The Bertz CT molecular complexity index is 583. The SMILES string of the molecule is [C-]#[N+]/C(C#N)=c1\cc/c(=C(/C#N)[N+]#[C-])nc1. The Morgan fingerprint density at radius 1 is 1.12 bits per heavy atom. The van der Waals surface area contributed by atoms with E-state index in [4.69, 9.17) is 23.7 Å². The second-order valence-corrected chi connectivity index (χ2v) is 2.58. The summed E-state index contributed by atoms with van der Waals surface area (Å²) in [6.07, 6.45) is 1.30. The average molecular weight is 205 g/mol. The second kappa shape index (κ2) is 4.91. The van der Waals surface area contributed by atoms with E-state index in [1.54, 1.807) is 12.1 Å². The highest BCUT2D eigenvalue weighted by Crippen LogP contribution is 1.91. The molecular formula is C11H3N5. The standard InChI is InChI=1S/C11H3N5/c1-14-10(5-12)8-3-4-9(16-7-8)11(6-13)15-2/h3-4,7H/b10-8+,11-9+. The third-order valence-electron chi connectivity index (χ3n) is 1.71. The van der Waals surface area contributed by atoms with Gasteiger partial charge in [-0.15, -0.1) is 0 Å². The zero-order chi connectivity index (χ0) is 12.0. The topological polar surface area (TPSA) is 69.2 Å². The molecule has 5 heteroatoms. The van der Waals surface area contributed by atoms with Gasteiger partial charge in [-0.25, -0.2) is 20.2 Å². The van der Waals surface area contributed by atoms with Gasteiger partial charge in [0.05, 0.1) is 30.6 Å². The molecule has 0 aromatic carbocycles. The molecule has 1 aromatic rings. The first-order chi connectivity index (χ1) is 7.76. The molecule has 0 unspecified atom stereocenters. The maximum absolute atomic E-state index is 8.62. The molecule has 0 radical (unpaired) electrons. The molecule has 5 nitrogen and oxygen atoms in total. The van der Waals surface area contributed by atoms with E-state index in [-0.39, 0.29) is 16.7 Å². The van der Waals surface area contributed by atoms with Gasteiger partial charge in [0.2, 0.25) is 0 Å². The Morgan fingerprint density at radius 3 is 2.12 bits per heavy atom. The molecule has 0 amide bonds. The minimum Gasteiger partial charge on any atom is -0.268 e. The van der Waals surface area contributed by atoms with Crippen LogP contribution in [0.1, 0.15) is 0 Å².